The average molecular weight is 344 g/mol. The molecule has 122 valence electrons. The lowest BCUT2D eigenvalue weighted by atomic mass is 10.1. The molecule has 0 radical (unpaired) electrons. The van der Waals surface area contributed by atoms with Gasteiger partial charge in [0.25, 0.3) is 5.69 Å². The largest absolute Gasteiger partial charge is 0.379 e. The first-order valence-corrected chi connectivity index (χ1v) is 8.32. The average Bonchev–Trinajstić information content (AvgIpc) is 2.55. The van der Waals surface area contributed by atoms with Crippen molar-refractivity contribution in [2.24, 2.45) is 0 Å². The highest BCUT2D eigenvalue weighted by Gasteiger charge is 2.21. The van der Waals surface area contributed by atoms with Gasteiger partial charge in [0.15, 0.2) is 0 Å². The number of nitro benzene ring substituents is 1. The fourth-order valence-electron chi connectivity index (χ4n) is 2.33. The van der Waals surface area contributed by atoms with Crippen molar-refractivity contribution in [3.05, 3.63) is 70.4 Å². The fraction of sp³-hybridized carbons (Fsp3) is 0.0625. The highest BCUT2D eigenvalue weighted by molar-refractivity contribution is 7.87. The highest BCUT2D eigenvalue weighted by atomic mass is 32.2. The molecular formula is C16H12N2O5S. The maximum atomic E-state index is 12.6. The number of aryl methyl sites for hydroxylation is 1. The van der Waals surface area contributed by atoms with Crippen LogP contribution in [0.5, 0.6) is 5.75 Å². The summed E-state index contributed by atoms with van der Waals surface area (Å²) < 4.78 is 30.2. The zero-order valence-corrected chi connectivity index (χ0v) is 13.4. The summed E-state index contributed by atoms with van der Waals surface area (Å²) in [5, 5.41) is 11.2. The molecule has 0 atom stereocenters. The van der Waals surface area contributed by atoms with Gasteiger partial charge < -0.3 is 4.18 Å². The number of aromatic nitrogens is 1. The zero-order chi connectivity index (χ0) is 17.3. The van der Waals surface area contributed by atoms with Gasteiger partial charge in [0, 0.05) is 17.6 Å². The number of nitro groups is 1. The molecule has 3 aromatic rings. The molecule has 0 saturated heterocycles. The van der Waals surface area contributed by atoms with Crippen molar-refractivity contribution in [1.29, 1.82) is 0 Å². The SMILES string of the molecule is Cc1ccc(S(=O)(=O)Oc2cccc([N+](=O)[O-])c2)c2cccnc12. The standard InChI is InChI=1S/C16H12N2O5S/c1-11-7-8-15(14-6-3-9-17-16(11)14)24(21,22)23-13-5-2-4-12(10-13)18(19)20/h2-10H,1H3. The quantitative estimate of drug-likeness (QED) is 0.409. The molecule has 0 saturated carbocycles. The number of fused-ring (bicyclic) bond motifs is 1. The minimum atomic E-state index is -4.16. The lowest BCUT2D eigenvalue weighted by molar-refractivity contribution is -0.384. The van der Waals surface area contributed by atoms with E-state index in [1.54, 1.807) is 24.4 Å². The van der Waals surface area contributed by atoms with Crippen LogP contribution >= 0.6 is 0 Å². The predicted molar refractivity (Wildman–Crippen MR) is 87.4 cm³/mol. The summed E-state index contributed by atoms with van der Waals surface area (Å²) in [5.74, 6) is -0.123. The Morgan fingerprint density at radius 1 is 1.12 bits per heavy atom. The van der Waals surface area contributed by atoms with Crippen LogP contribution in [0.1, 0.15) is 5.56 Å². The van der Waals surface area contributed by atoms with Crippen molar-refractivity contribution < 1.29 is 17.5 Å². The second kappa shape index (κ2) is 5.89. The molecule has 0 amide bonds. The van der Waals surface area contributed by atoms with Gasteiger partial charge in [-0.25, -0.2) is 0 Å². The molecule has 0 fully saturated rings. The monoisotopic (exact) mass is 344 g/mol. The van der Waals surface area contributed by atoms with Crippen LogP contribution in [0.3, 0.4) is 0 Å². The molecule has 2 aromatic carbocycles. The molecule has 3 rings (SSSR count). The molecule has 0 spiro atoms. The van der Waals surface area contributed by atoms with E-state index in [2.05, 4.69) is 4.98 Å². The Morgan fingerprint density at radius 3 is 2.67 bits per heavy atom. The summed E-state index contributed by atoms with van der Waals surface area (Å²) in [6, 6.07) is 11.4. The first-order valence-electron chi connectivity index (χ1n) is 6.92. The molecular weight excluding hydrogens is 332 g/mol. The third kappa shape index (κ3) is 2.91. The Hall–Kier alpha value is -3.00. The molecule has 1 heterocycles. The number of pyridine rings is 1. The first kappa shape index (κ1) is 15.9. The number of nitrogens with zero attached hydrogens (tertiary/aromatic N) is 2. The van der Waals surface area contributed by atoms with Crippen LogP contribution in [0.4, 0.5) is 5.69 Å². The van der Waals surface area contributed by atoms with E-state index >= 15 is 0 Å². The van der Waals surface area contributed by atoms with Crippen LogP contribution in [0, 0.1) is 17.0 Å². The van der Waals surface area contributed by atoms with E-state index in [4.69, 9.17) is 4.18 Å². The van der Waals surface area contributed by atoms with Crippen LogP contribution in [0.2, 0.25) is 0 Å². The Morgan fingerprint density at radius 2 is 1.92 bits per heavy atom. The summed E-state index contributed by atoms with van der Waals surface area (Å²) >= 11 is 0. The molecule has 0 bridgehead atoms. The van der Waals surface area contributed by atoms with Crippen molar-refractivity contribution in [2.45, 2.75) is 11.8 Å². The van der Waals surface area contributed by atoms with Crippen LogP contribution < -0.4 is 4.18 Å². The lowest BCUT2D eigenvalue weighted by Gasteiger charge is -2.10. The molecule has 24 heavy (non-hydrogen) atoms. The number of rotatable bonds is 4. The lowest BCUT2D eigenvalue weighted by Crippen LogP contribution is -2.11. The van der Waals surface area contributed by atoms with Gasteiger partial charge >= 0.3 is 10.1 Å². The van der Waals surface area contributed by atoms with E-state index < -0.39 is 15.0 Å². The number of non-ortho nitro benzene ring substituents is 1. The third-order valence-corrected chi connectivity index (χ3v) is 4.74. The normalized spacial score (nSPS) is 11.4. The van der Waals surface area contributed by atoms with Gasteiger partial charge in [-0.2, -0.15) is 8.42 Å². The first-order chi connectivity index (χ1) is 11.4. The summed E-state index contributed by atoms with van der Waals surface area (Å²) in [6.45, 7) is 1.83. The molecule has 0 aliphatic rings. The number of benzene rings is 2. The van der Waals surface area contributed by atoms with Crippen LogP contribution in [0.15, 0.2) is 59.6 Å². The van der Waals surface area contributed by atoms with Crippen molar-refractivity contribution in [3.63, 3.8) is 0 Å². The minimum Gasteiger partial charge on any atom is -0.379 e. The van der Waals surface area contributed by atoms with Crippen molar-refractivity contribution >= 4 is 26.7 Å². The zero-order valence-electron chi connectivity index (χ0n) is 12.5. The van der Waals surface area contributed by atoms with E-state index in [-0.39, 0.29) is 16.3 Å². The molecule has 0 N–H and O–H groups in total. The van der Waals surface area contributed by atoms with Crippen LogP contribution in [-0.2, 0) is 10.1 Å². The van der Waals surface area contributed by atoms with Gasteiger partial charge in [0.2, 0.25) is 0 Å². The third-order valence-electron chi connectivity index (χ3n) is 3.44. The van der Waals surface area contributed by atoms with Gasteiger partial charge in [-0.15, -0.1) is 0 Å². The van der Waals surface area contributed by atoms with Gasteiger partial charge in [-0.1, -0.05) is 12.1 Å². The Labute approximate surface area is 137 Å². The molecule has 8 heteroatoms. The van der Waals surface area contributed by atoms with Crippen molar-refractivity contribution in [3.8, 4) is 5.75 Å². The molecule has 1 aromatic heterocycles. The Bertz CT molecular complexity index is 1050. The van der Waals surface area contributed by atoms with E-state index in [1.165, 1.54) is 24.3 Å². The number of hydrogen-bond donors (Lipinski definition) is 0. The van der Waals surface area contributed by atoms with Gasteiger partial charge in [0.05, 0.1) is 16.5 Å². The van der Waals surface area contributed by atoms with E-state index in [9.17, 15) is 18.5 Å². The smallest absolute Gasteiger partial charge is 0.339 e. The predicted octanol–water partition coefficient (Wildman–Crippen LogP) is 3.22. The van der Waals surface area contributed by atoms with E-state index in [0.717, 1.165) is 11.6 Å². The number of hydrogen-bond acceptors (Lipinski definition) is 6. The molecule has 0 aliphatic heterocycles. The van der Waals surface area contributed by atoms with Crippen molar-refractivity contribution in [1.82, 2.24) is 4.98 Å². The highest BCUT2D eigenvalue weighted by Crippen LogP contribution is 2.28. The van der Waals surface area contributed by atoms with Crippen LogP contribution in [-0.4, -0.2) is 18.3 Å². The maximum Gasteiger partial charge on any atom is 0.339 e. The van der Waals surface area contributed by atoms with Crippen LogP contribution in [0.25, 0.3) is 10.9 Å². The Balaban J connectivity index is 2.08. The molecule has 0 aliphatic carbocycles. The summed E-state index contributed by atoms with van der Waals surface area (Å²) in [7, 11) is -4.16. The fourth-order valence-corrected chi connectivity index (χ4v) is 3.44. The van der Waals surface area contributed by atoms with Crippen molar-refractivity contribution in [2.75, 3.05) is 0 Å². The van der Waals surface area contributed by atoms with E-state index in [0.29, 0.717) is 10.9 Å². The summed E-state index contributed by atoms with van der Waals surface area (Å²) in [4.78, 5) is 14.3. The molecule has 7 nitrogen and oxygen atoms in total. The summed E-state index contributed by atoms with van der Waals surface area (Å²) in [6.07, 6.45) is 1.58. The second-order valence-corrected chi connectivity index (χ2v) is 6.59. The summed E-state index contributed by atoms with van der Waals surface area (Å²) in [5.41, 5.74) is 1.14. The minimum absolute atomic E-state index is 0.0392. The van der Waals surface area contributed by atoms with Gasteiger partial charge in [0.1, 0.15) is 10.6 Å². The van der Waals surface area contributed by atoms with E-state index in [1.807, 2.05) is 6.92 Å². The Kier molecular flexibility index (Phi) is 3.90. The molecule has 0 unspecified atom stereocenters. The van der Waals surface area contributed by atoms with Gasteiger partial charge in [-0.3, -0.25) is 15.1 Å². The topological polar surface area (TPSA) is 99.4 Å². The second-order valence-electron chi connectivity index (χ2n) is 5.07. The maximum absolute atomic E-state index is 12.6. The van der Waals surface area contributed by atoms with Gasteiger partial charge in [-0.05, 0) is 36.8 Å².